The van der Waals surface area contributed by atoms with Crippen LogP contribution >= 0.6 is 24.2 Å². The number of carbonyl (C=O) groups is 1. The van der Waals surface area contributed by atoms with Crippen LogP contribution in [0, 0.1) is 0 Å². The maximum atomic E-state index is 11.9. The van der Waals surface area contributed by atoms with E-state index in [9.17, 15) is 4.79 Å². The van der Waals surface area contributed by atoms with Gasteiger partial charge in [0.15, 0.2) is 0 Å². The molecule has 0 saturated heterocycles. The van der Waals surface area contributed by atoms with E-state index in [1.165, 1.54) is 5.56 Å². The Hall–Kier alpha value is -0.710. The standard InChI is InChI=1S/C15H22N2OS.ClH/c1-19-10-7-13(16)14(18)17-11-15(8-9-15)12-5-3-2-4-6-12;/h2-6,13H,7-11,16H2,1H3,(H,17,18);1H. The smallest absolute Gasteiger partial charge is 0.236 e. The van der Waals surface area contributed by atoms with Crippen molar-refractivity contribution in [1.29, 1.82) is 0 Å². The number of halogens is 1. The molecule has 1 aromatic carbocycles. The number of carbonyl (C=O) groups excluding carboxylic acids is 1. The van der Waals surface area contributed by atoms with Gasteiger partial charge in [-0.1, -0.05) is 30.3 Å². The Morgan fingerprint density at radius 2 is 2.05 bits per heavy atom. The van der Waals surface area contributed by atoms with E-state index < -0.39 is 0 Å². The van der Waals surface area contributed by atoms with E-state index in [1.807, 2.05) is 12.3 Å². The van der Waals surface area contributed by atoms with Crippen LogP contribution in [0.2, 0.25) is 0 Å². The minimum atomic E-state index is -0.376. The molecule has 1 aromatic rings. The Morgan fingerprint density at radius 1 is 1.40 bits per heavy atom. The largest absolute Gasteiger partial charge is 0.354 e. The van der Waals surface area contributed by atoms with E-state index in [0.717, 1.165) is 25.0 Å². The number of hydrogen-bond donors (Lipinski definition) is 2. The minimum Gasteiger partial charge on any atom is -0.354 e. The second kappa shape index (κ2) is 7.91. The molecular weight excluding hydrogens is 292 g/mol. The summed E-state index contributed by atoms with van der Waals surface area (Å²) in [5.74, 6) is 0.912. The molecule has 0 heterocycles. The molecule has 20 heavy (non-hydrogen) atoms. The van der Waals surface area contributed by atoms with Gasteiger partial charge in [-0.3, -0.25) is 4.79 Å². The van der Waals surface area contributed by atoms with Gasteiger partial charge in [0.05, 0.1) is 6.04 Å². The van der Waals surface area contributed by atoms with Crippen LogP contribution < -0.4 is 11.1 Å². The molecule has 0 aliphatic heterocycles. The monoisotopic (exact) mass is 314 g/mol. The van der Waals surface area contributed by atoms with Crippen molar-refractivity contribution in [2.45, 2.75) is 30.7 Å². The highest BCUT2D eigenvalue weighted by Crippen LogP contribution is 2.47. The van der Waals surface area contributed by atoms with E-state index in [0.29, 0.717) is 6.54 Å². The first-order valence-electron chi connectivity index (χ1n) is 6.76. The average Bonchev–Trinajstić information content (AvgIpc) is 3.24. The Labute approximate surface area is 131 Å². The number of amides is 1. The van der Waals surface area contributed by atoms with E-state index in [2.05, 4.69) is 29.6 Å². The Kier molecular flexibility index (Phi) is 6.86. The highest BCUT2D eigenvalue weighted by Gasteiger charge is 2.44. The predicted molar refractivity (Wildman–Crippen MR) is 88.6 cm³/mol. The molecule has 3 nitrogen and oxygen atoms in total. The zero-order valence-electron chi connectivity index (χ0n) is 11.8. The molecule has 5 heteroatoms. The molecule has 0 radical (unpaired) electrons. The number of nitrogens with one attached hydrogen (secondary N) is 1. The van der Waals surface area contributed by atoms with Crippen LogP contribution in [-0.2, 0) is 10.2 Å². The van der Waals surface area contributed by atoms with Crippen LogP contribution in [0.1, 0.15) is 24.8 Å². The van der Waals surface area contributed by atoms with Gasteiger partial charge in [-0.2, -0.15) is 11.8 Å². The van der Waals surface area contributed by atoms with Gasteiger partial charge >= 0.3 is 0 Å². The highest BCUT2D eigenvalue weighted by molar-refractivity contribution is 7.98. The lowest BCUT2D eigenvalue weighted by Crippen LogP contribution is -2.43. The normalized spacial score (nSPS) is 16.9. The third kappa shape index (κ3) is 4.40. The van der Waals surface area contributed by atoms with Crippen molar-refractivity contribution >= 4 is 30.1 Å². The molecule has 0 bridgehead atoms. The van der Waals surface area contributed by atoms with Crippen LogP contribution in [0.4, 0.5) is 0 Å². The Bertz CT molecular complexity index is 423. The van der Waals surface area contributed by atoms with Gasteiger partial charge in [-0.15, -0.1) is 12.4 Å². The van der Waals surface area contributed by atoms with E-state index in [4.69, 9.17) is 5.73 Å². The zero-order valence-corrected chi connectivity index (χ0v) is 13.4. The molecular formula is C15H23ClN2OS. The van der Waals surface area contributed by atoms with Crippen molar-refractivity contribution in [3.63, 3.8) is 0 Å². The summed E-state index contributed by atoms with van der Waals surface area (Å²) in [6, 6.07) is 10.1. The summed E-state index contributed by atoms with van der Waals surface area (Å²) in [5, 5.41) is 3.02. The van der Waals surface area contributed by atoms with E-state index in [1.54, 1.807) is 11.8 Å². The summed E-state index contributed by atoms with van der Waals surface area (Å²) in [6.07, 6.45) is 5.07. The molecule has 1 unspecified atom stereocenters. The fraction of sp³-hybridized carbons (Fsp3) is 0.533. The van der Waals surface area contributed by atoms with Crippen LogP contribution in [0.5, 0.6) is 0 Å². The van der Waals surface area contributed by atoms with Crippen LogP contribution in [-0.4, -0.2) is 30.5 Å². The van der Waals surface area contributed by atoms with Gasteiger partial charge in [0.2, 0.25) is 5.91 Å². The quantitative estimate of drug-likeness (QED) is 0.812. The van der Waals surface area contributed by atoms with Gasteiger partial charge in [0.25, 0.3) is 0 Å². The summed E-state index contributed by atoms with van der Waals surface area (Å²) in [5.41, 5.74) is 7.36. The van der Waals surface area contributed by atoms with Gasteiger partial charge in [0, 0.05) is 12.0 Å². The average molecular weight is 315 g/mol. The van der Waals surface area contributed by atoms with Crippen molar-refractivity contribution in [1.82, 2.24) is 5.32 Å². The maximum absolute atomic E-state index is 11.9. The lowest BCUT2D eigenvalue weighted by Gasteiger charge is -2.18. The molecule has 0 spiro atoms. The first kappa shape index (κ1) is 17.3. The Morgan fingerprint density at radius 3 is 2.60 bits per heavy atom. The second-order valence-electron chi connectivity index (χ2n) is 5.25. The van der Waals surface area contributed by atoms with Gasteiger partial charge in [-0.05, 0) is 36.8 Å². The van der Waals surface area contributed by atoms with Gasteiger partial charge in [-0.25, -0.2) is 0 Å². The van der Waals surface area contributed by atoms with Crippen LogP contribution in [0.3, 0.4) is 0 Å². The number of hydrogen-bond acceptors (Lipinski definition) is 3. The molecule has 3 N–H and O–H groups in total. The zero-order chi connectivity index (χ0) is 13.7. The fourth-order valence-corrected chi connectivity index (χ4v) is 2.76. The number of benzene rings is 1. The van der Waals surface area contributed by atoms with Crippen molar-refractivity contribution in [2.75, 3.05) is 18.6 Å². The minimum absolute atomic E-state index is 0. The first-order chi connectivity index (χ1) is 9.18. The summed E-state index contributed by atoms with van der Waals surface area (Å²) >= 11 is 1.72. The summed E-state index contributed by atoms with van der Waals surface area (Å²) in [7, 11) is 0. The Balaban J connectivity index is 0.00000200. The molecule has 1 amide bonds. The summed E-state index contributed by atoms with van der Waals surface area (Å²) in [6.45, 7) is 0.711. The molecule has 1 fully saturated rings. The molecule has 1 aliphatic rings. The molecule has 1 saturated carbocycles. The lowest BCUT2D eigenvalue weighted by atomic mass is 9.96. The molecule has 1 atom stereocenters. The molecule has 2 rings (SSSR count). The maximum Gasteiger partial charge on any atom is 0.236 e. The fourth-order valence-electron chi connectivity index (χ4n) is 2.27. The van der Waals surface area contributed by atoms with Crippen molar-refractivity contribution in [3.05, 3.63) is 35.9 Å². The first-order valence-corrected chi connectivity index (χ1v) is 8.15. The number of thioether (sulfide) groups is 1. The summed E-state index contributed by atoms with van der Waals surface area (Å²) < 4.78 is 0. The highest BCUT2D eigenvalue weighted by atomic mass is 35.5. The van der Waals surface area contributed by atoms with Gasteiger partial charge in [0.1, 0.15) is 0 Å². The topological polar surface area (TPSA) is 55.1 Å². The van der Waals surface area contributed by atoms with Crippen LogP contribution in [0.25, 0.3) is 0 Å². The molecule has 0 aromatic heterocycles. The van der Waals surface area contributed by atoms with Gasteiger partial charge < -0.3 is 11.1 Å². The molecule has 1 aliphatic carbocycles. The van der Waals surface area contributed by atoms with Crippen LogP contribution in [0.15, 0.2) is 30.3 Å². The number of rotatable bonds is 7. The van der Waals surface area contributed by atoms with Crippen molar-refractivity contribution in [2.24, 2.45) is 5.73 Å². The van der Waals surface area contributed by atoms with E-state index in [-0.39, 0.29) is 29.8 Å². The van der Waals surface area contributed by atoms with Crippen molar-refractivity contribution < 1.29 is 4.79 Å². The second-order valence-corrected chi connectivity index (χ2v) is 6.24. The molecule has 112 valence electrons. The predicted octanol–water partition coefficient (Wildman–Crippen LogP) is 2.34. The summed E-state index contributed by atoms with van der Waals surface area (Å²) in [4.78, 5) is 11.9. The third-order valence-corrected chi connectivity index (χ3v) is 4.45. The lowest BCUT2D eigenvalue weighted by molar-refractivity contribution is -0.122. The number of nitrogens with two attached hydrogens (primary N) is 1. The van der Waals surface area contributed by atoms with E-state index >= 15 is 0 Å². The SMILES string of the molecule is CSCCC(N)C(=O)NCC1(c2ccccc2)CC1.Cl. The third-order valence-electron chi connectivity index (χ3n) is 3.81. The van der Waals surface area contributed by atoms with Crippen molar-refractivity contribution in [3.8, 4) is 0 Å².